The molecule has 0 saturated carbocycles. The van der Waals surface area contributed by atoms with Crippen LogP contribution < -0.4 is 10.4 Å². The second-order valence-electron chi connectivity index (χ2n) is 8.78. The Kier molecular flexibility index (Phi) is 10.5. The lowest BCUT2D eigenvalue weighted by atomic mass is 10.1. The van der Waals surface area contributed by atoms with Gasteiger partial charge in [0.05, 0.1) is 13.2 Å². The minimum absolute atomic E-state index is 0.118. The standard InChI is InChI=1S/C30H37NO4Si/c1-5-22-36(27-18-12-8-13-19-27,28-20-14-9-15-21-28)35-24-25(3)29(33-4)31(30(32)34-6-2)23-26-16-10-7-11-17-26/h5,7-21,25,29H,1,6,22-24H2,2-4H3. The Hall–Kier alpha value is -3.19. The molecule has 190 valence electrons. The van der Waals surface area contributed by atoms with E-state index >= 15 is 0 Å². The number of hydrogen-bond donors (Lipinski definition) is 0. The number of benzene rings is 3. The van der Waals surface area contributed by atoms with Gasteiger partial charge >= 0.3 is 6.09 Å². The van der Waals surface area contributed by atoms with Crippen LogP contribution in [0.15, 0.2) is 104 Å². The van der Waals surface area contributed by atoms with E-state index in [1.807, 2.05) is 55.5 Å². The third kappa shape index (κ3) is 6.72. The highest BCUT2D eigenvalue weighted by atomic mass is 28.4. The third-order valence-electron chi connectivity index (χ3n) is 6.24. The molecule has 0 heterocycles. The predicted octanol–water partition coefficient (Wildman–Crippen LogP) is 5.22. The van der Waals surface area contributed by atoms with E-state index in [1.165, 1.54) is 10.4 Å². The summed E-state index contributed by atoms with van der Waals surface area (Å²) in [5.41, 5.74) is 1.00. The number of carbonyl (C=O) groups is 1. The Morgan fingerprint density at radius 2 is 1.47 bits per heavy atom. The first-order chi connectivity index (χ1) is 17.6. The summed E-state index contributed by atoms with van der Waals surface area (Å²) < 4.78 is 18.2. The summed E-state index contributed by atoms with van der Waals surface area (Å²) in [6.45, 7) is 9.00. The zero-order chi connectivity index (χ0) is 25.8. The summed E-state index contributed by atoms with van der Waals surface area (Å²) in [5.74, 6) is -0.118. The molecule has 0 aliphatic carbocycles. The van der Waals surface area contributed by atoms with E-state index in [0.29, 0.717) is 19.8 Å². The molecule has 0 aliphatic rings. The van der Waals surface area contributed by atoms with Crippen molar-refractivity contribution in [2.45, 2.75) is 32.7 Å². The number of rotatable bonds is 13. The van der Waals surface area contributed by atoms with Crippen molar-refractivity contribution in [3.05, 3.63) is 109 Å². The van der Waals surface area contributed by atoms with Crippen molar-refractivity contribution in [1.29, 1.82) is 0 Å². The van der Waals surface area contributed by atoms with Crippen LogP contribution in [0.2, 0.25) is 6.04 Å². The molecule has 0 aromatic heterocycles. The van der Waals surface area contributed by atoms with Crippen LogP contribution in [-0.4, -0.2) is 45.9 Å². The summed E-state index contributed by atoms with van der Waals surface area (Å²) in [6.07, 6.45) is 1.03. The molecule has 1 amide bonds. The van der Waals surface area contributed by atoms with Gasteiger partial charge in [-0.15, -0.1) is 6.58 Å². The maximum Gasteiger partial charge on any atom is 0.412 e. The SMILES string of the molecule is C=CC[Si](OCC(C)C(OC)N(Cc1ccccc1)C(=O)OCC)(c1ccccc1)c1ccccc1. The molecule has 0 radical (unpaired) electrons. The number of amides is 1. The Labute approximate surface area is 216 Å². The summed E-state index contributed by atoms with van der Waals surface area (Å²) in [6, 6.07) is 31.4. The van der Waals surface area contributed by atoms with Gasteiger partial charge in [-0.3, -0.25) is 4.90 Å². The van der Waals surface area contributed by atoms with Crippen LogP contribution >= 0.6 is 0 Å². The first-order valence-corrected chi connectivity index (χ1v) is 14.5. The number of methoxy groups -OCH3 is 1. The molecule has 36 heavy (non-hydrogen) atoms. The van der Waals surface area contributed by atoms with Crippen LogP contribution in [0.1, 0.15) is 19.4 Å². The van der Waals surface area contributed by atoms with Crippen molar-refractivity contribution in [3.8, 4) is 0 Å². The van der Waals surface area contributed by atoms with E-state index in [9.17, 15) is 4.79 Å². The molecule has 6 heteroatoms. The smallest absolute Gasteiger partial charge is 0.412 e. The molecule has 0 N–H and O–H groups in total. The van der Waals surface area contributed by atoms with Crippen molar-refractivity contribution < 1.29 is 18.7 Å². The largest absolute Gasteiger partial charge is 0.450 e. The second kappa shape index (κ2) is 13.8. The Morgan fingerprint density at radius 1 is 0.944 bits per heavy atom. The summed E-state index contributed by atoms with van der Waals surface area (Å²) in [7, 11) is -1.00. The van der Waals surface area contributed by atoms with E-state index in [2.05, 4.69) is 62.0 Å². The zero-order valence-corrected chi connectivity index (χ0v) is 22.5. The fourth-order valence-electron chi connectivity index (χ4n) is 4.51. The van der Waals surface area contributed by atoms with Gasteiger partial charge in [0.1, 0.15) is 6.23 Å². The van der Waals surface area contributed by atoms with Gasteiger partial charge in [0.15, 0.2) is 0 Å². The molecule has 3 aromatic carbocycles. The van der Waals surface area contributed by atoms with Gasteiger partial charge in [-0.25, -0.2) is 4.79 Å². The number of ether oxygens (including phenoxy) is 2. The van der Waals surface area contributed by atoms with Crippen molar-refractivity contribution in [2.24, 2.45) is 5.92 Å². The number of nitrogens with zero attached hydrogens (tertiary/aromatic N) is 1. The number of allylic oxidation sites excluding steroid dienone is 1. The topological polar surface area (TPSA) is 48.0 Å². The minimum atomic E-state index is -2.63. The Bertz CT molecular complexity index is 1020. The number of carbonyl (C=O) groups excluding carboxylic acids is 1. The van der Waals surface area contributed by atoms with E-state index in [-0.39, 0.29) is 5.92 Å². The fraction of sp³-hybridized carbons (Fsp3) is 0.300. The maximum absolute atomic E-state index is 13.0. The van der Waals surface area contributed by atoms with Gasteiger partial charge < -0.3 is 13.9 Å². The zero-order valence-electron chi connectivity index (χ0n) is 21.5. The van der Waals surface area contributed by atoms with Crippen LogP contribution in [0.25, 0.3) is 0 Å². The third-order valence-corrected chi connectivity index (χ3v) is 10.3. The van der Waals surface area contributed by atoms with Crippen LogP contribution in [0.5, 0.6) is 0 Å². The van der Waals surface area contributed by atoms with Crippen LogP contribution in [-0.2, 0) is 20.4 Å². The highest BCUT2D eigenvalue weighted by molar-refractivity contribution is 6.97. The molecule has 3 aromatic rings. The Balaban J connectivity index is 1.90. The highest BCUT2D eigenvalue weighted by Crippen LogP contribution is 2.21. The molecule has 0 bridgehead atoms. The second-order valence-corrected chi connectivity index (χ2v) is 12.3. The van der Waals surface area contributed by atoms with Crippen molar-refractivity contribution >= 4 is 24.8 Å². The lowest BCUT2D eigenvalue weighted by Crippen LogP contribution is -2.61. The van der Waals surface area contributed by atoms with Crippen LogP contribution in [0, 0.1) is 5.92 Å². The van der Waals surface area contributed by atoms with E-state index < -0.39 is 20.6 Å². The first-order valence-electron chi connectivity index (χ1n) is 12.4. The number of hydrogen-bond acceptors (Lipinski definition) is 4. The van der Waals surface area contributed by atoms with Crippen LogP contribution in [0.3, 0.4) is 0 Å². The lowest BCUT2D eigenvalue weighted by Gasteiger charge is -2.37. The molecular formula is C30H37NO4Si. The highest BCUT2D eigenvalue weighted by Gasteiger charge is 2.40. The van der Waals surface area contributed by atoms with Gasteiger partial charge in [0.25, 0.3) is 8.32 Å². The molecular weight excluding hydrogens is 466 g/mol. The molecule has 0 spiro atoms. The summed E-state index contributed by atoms with van der Waals surface area (Å²) in [5, 5.41) is 2.37. The van der Waals surface area contributed by atoms with E-state index in [1.54, 1.807) is 12.0 Å². The molecule has 0 aliphatic heterocycles. The first kappa shape index (κ1) is 27.4. The fourth-order valence-corrected chi connectivity index (χ4v) is 8.19. The van der Waals surface area contributed by atoms with Crippen molar-refractivity contribution in [1.82, 2.24) is 4.90 Å². The quantitative estimate of drug-likeness (QED) is 0.182. The van der Waals surface area contributed by atoms with Gasteiger partial charge in [0.2, 0.25) is 0 Å². The normalized spacial score (nSPS) is 13.0. The average Bonchev–Trinajstić information content (AvgIpc) is 2.92. The monoisotopic (exact) mass is 503 g/mol. The van der Waals surface area contributed by atoms with Gasteiger partial charge in [0, 0.05) is 19.6 Å². The molecule has 2 unspecified atom stereocenters. The molecule has 0 fully saturated rings. The molecule has 2 atom stereocenters. The molecule has 3 rings (SSSR count). The predicted molar refractivity (Wildman–Crippen MR) is 148 cm³/mol. The van der Waals surface area contributed by atoms with Crippen LogP contribution in [0.4, 0.5) is 4.79 Å². The minimum Gasteiger partial charge on any atom is -0.450 e. The van der Waals surface area contributed by atoms with Crippen molar-refractivity contribution in [2.75, 3.05) is 20.3 Å². The van der Waals surface area contributed by atoms with Gasteiger partial charge in [-0.2, -0.15) is 0 Å². The lowest BCUT2D eigenvalue weighted by molar-refractivity contribution is -0.0716. The maximum atomic E-state index is 13.0. The molecule has 5 nitrogen and oxygen atoms in total. The van der Waals surface area contributed by atoms with E-state index in [4.69, 9.17) is 13.9 Å². The van der Waals surface area contributed by atoms with Gasteiger partial charge in [-0.05, 0) is 28.9 Å². The van der Waals surface area contributed by atoms with E-state index in [0.717, 1.165) is 11.6 Å². The summed E-state index contributed by atoms with van der Waals surface area (Å²) >= 11 is 0. The Morgan fingerprint density at radius 3 is 1.94 bits per heavy atom. The average molecular weight is 504 g/mol. The van der Waals surface area contributed by atoms with Gasteiger partial charge in [-0.1, -0.05) is 104 Å². The van der Waals surface area contributed by atoms with Crippen molar-refractivity contribution in [3.63, 3.8) is 0 Å². The molecule has 0 saturated heterocycles. The summed E-state index contributed by atoms with van der Waals surface area (Å²) in [4.78, 5) is 14.6.